The van der Waals surface area contributed by atoms with Gasteiger partial charge in [0.25, 0.3) is 0 Å². The molecule has 7 heteroatoms. The van der Waals surface area contributed by atoms with Gasteiger partial charge in [-0.15, -0.1) is 22.7 Å². The summed E-state index contributed by atoms with van der Waals surface area (Å²) in [4.78, 5) is 19.1. The van der Waals surface area contributed by atoms with Crippen molar-refractivity contribution in [2.24, 2.45) is 0 Å². The third kappa shape index (κ3) is 3.54. The number of fused-ring (bicyclic) bond motifs is 1. The maximum absolute atomic E-state index is 4.88. The van der Waals surface area contributed by atoms with Gasteiger partial charge in [0.1, 0.15) is 21.5 Å². The van der Waals surface area contributed by atoms with E-state index in [-0.39, 0.29) is 0 Å². The van der Waals surface area contributed by atoms with E-state index < -0.39 is 0 Å². The number of hydrogen-bond donors (Lipinski definition) is 1. The van der Waals surface area contributed by atoms with E-state index in [2.05, 4.69) is 34.4 Å². The van der Waals surface area contributed by atoms with Crippen LogP contribution in [0.15, 0.2) is 5.38 Å². The SMILES string of the molecule is Cc1csc(CNc2nc(CN3CCCC3)nc3sc(C)c(C)c23)n1. The predicted molar refractivity (Wildman–Crippen MR) is 106 cm³/mol. The zero-order valence-electron chi connectivity index (χ0n) is 14.9. The van der Waals surface area contributed by atoms with E-state index in [1.165, 1.54) is 28.7 Å². The molecule has 0 radical (unpaired) electrons. The summed E-state index contributed by atoms with van der Waals surface area (Å²) < 4.78 is 0. The number of thiazole rings is 1. The molecule has 1 aliphatic rings. The van der Waals surface area contributed by atoms with Crippen LogP contribution in [0.5, 0.6) is 0 Å². The Kier molecular flexibility index (Phi) is 4.71. The molecule has 4 rings (SSSR count). The molecule has 0 amide bonds. The van der Waals surface area contributed by atoms with Crippen LogP contribution in [0.1, 0.15) is 39.8 Å². The molecule has 132 valence electrons. The molecule has 25 heavy (non-hydrogen) atoms. The minimum Gasteiger partial charge on any atom is -0.363 e. The lowest BCUT2D eigenvalue weighted by Crippen LogP contribution is -2.20. The Morgan fingerprint density at radius 2 is 1.92 bits per heavy atom. The molecular formula is C18H23N5S2. The van der Waals surface area contributed by atoms with Gasteiger partial charge in [-0.3, -0.25) is 4.90 Å². The smallest absolute Gasteiger partial charge is 0.146 e. The van der Waals surface area contributed by atoms with Crippen LogP contribution in [0, 0.1) is 20.8 Å². The molecule has 1 saturated heterocycles. The van der Waals surface area contributed by atoms with Crippen molar-refractivity contribution in [3.05, 3.63) is 32.3 Å². The first-order valence-electron chi connectivity index (χ1n) is 8.74. The number of likely N-dealkylation sites (tertiary alicyclic amines) is 1. The van der Waals surface area contributed by atoms with Crippen molar-refractivity contribution in [1.82, 2.24) is 19.9 Å². The average Bonchev–Trinajstić information content (AvgIpc) is 3.29. The first-order chi connectivity index (χ1) is 12.1. The summed E-state index contributed by atoms with van der Waals surface area (Å²) in [7, 11) is 0. The van der Waals surface area contributed by atoms with Crippen LogP contribution < -0.4 is 5.32 Å². The van der Waals surface area contributed by atoms with Gasteiger partial charge in [-0.1, -0.05) is 0 Å². The summed E-state index contributed by atoms with van der Waals surface area (Å²) >= 11 is 3.46. The number of aromatic nitrogens is 3. The Bertz CT molecular complexity index is 892. The number of nitrogens with one attached hydrogen (secondary N) is 1. The van der Waals surface area contributed by atoms with E-state index in [4.69, 9.17) is 9.97 Å². The van der Waals surface area contributed by atoms with Gasteiger partial charge in [0.05, 0.1) is 18.5 Å². The maximum atomic E-state index is 4.88. The first kappa shape index (κ1) is 16.9. The van der Waals surface area contributed by atoms with Gasteiger partial charge < -0.3 is 5.32 Å². The summed E-state index contributed by atoms with van der Waals surface area (Å²) in [6.45, 7) is 10.2. The first-order valence-corrected chi connectivity index (χ1v) is 10.4. The predicted octanol–water partition coefficient (Wildman–Crippen LogP) is 4.28. The fourth-order valence-corrected chi connectivity index (χ4v) is 5.04. The minimum absolute atomic E-state index is 0.710. The Morgan fingerprint density at radius 3 is 2.64 bits per heavy atom. The number of aryl methyl sites for hydroxylation is 3. The summed E-state index contributed by atoms with van der Waals surface area (Å²) in [5, 5.41) is 7.87. The van der Waals surface area contributed by atoms with Crippen LogP contribution in [-0.4, -0.2) is 32.9 Å². The lowest BCUT2D eigenvalue weighted by molar-refractivity contribution is 0.323. The van der Waals surface area contributed by atoms with Crippen molar-refractivity contribution in [2.45, 2.75) is 46.7 Å². The van der Waals surface area contributed by atoms with Gasteiger partial charge in [0, 0.05) is 16.0 Å². The molecule has 1 aliphatic heterocycles. The van der Waals surface area contributed by atoms with Gasteiger partial charge in [0.2, 0.25) is 0 Å². The molecule has 0 aromatic carbocycles. The van der Waals surface area contributed by atoms with Crippen molar-refractivity contribution in [3.63, 3.8) is 0 Å². The summed E-state index contributed by atoms with van der Waals surface area (Å²) in [6.07, 6.45) is 2.57. The number of nitrogens with zero attached hydrogens (tertiary/aromatic N) is 4. The highest BCUT2D eigenvalue weighted by Crippen LogP contribution is 2.33. The lowest BCUT2D eigenvalue weighted by atomic mass is 10.2. The molecule has 0 atom stereocenters. The van der Waals surface area contributed by atoms with Gasteiger partial charge in [-0.2, -0.15) is 0 Å². The Balaban J connectivity index is 1.66. The van der Waals surface area contributed by atoms with Crippen molar-refractivity contribution in [1.29, 1.82) is 0 Å². The van der Waals surface area contributed by atoms with Crippen LogP contribution in [0.2, 0.25) is 0 Å². The van der Waals surface area contributed by atoms with E-state index in [9.17, 15) is 0 Å². The summed E-state index contributed by atoms with van der Waals surface area (Å²) in [6, 6.07) is 0. The van der Waals surface area contributed by atoms with Crippen molar-refractivity contribution in [3.8, 4) is 0 Å². The molecule has 0 unspecified atom stereocenters. The molecule has 1 N–H and O–H groups in total. The maximum Gasteiger partial charge on any atom is 0.146 e. The quantitative estimate of drug-likeness (QED) is 0.723. The largest absolute Gasteiger partial charge is 0.363 e. The van der Waals surface area contributed by atoms with Crippen molar-refractivity contribution in [2.75, 3.05) is 18.4 Å². The van der Waals surface area contributed by atoms with Crippen LogP contribution in [-0.2, 0) is 13.1 Å². The van der Waals surface area contributed by atoms with E-state index in [1.807, 2.05) is 6.92 Å². The monoisotopic (exact) mass is 373 g/mol. The van der Waals surface area contributed by atoms with Gasteiger partial charge >= 0.3 is 0 Å². The molecule has 0 saturated carbocycles. The molecule has 0 aliphatic carbocycles. The number of rotatable bonds is 5. The molecule has 3 aromatic heterocycles. The van der Waals surface area contributed by atoms with Gasteiger partial charge in [-0.05, 0) is 52.3 Å². The zero-order chi connectivity index (χ0) is 17.4. The molecule has 3 aromatic rings. The highest BCUT2D eigenvalue weighted by Gasteiger charge is 2.18. The number of anilines is 1. The standard InChI is InChI=1S/C18H23N5S2/c1-11-10-24-15(20-11)8-19-17-16-12(2)13(3)25-18(16)22-14(21-17)9-23-6-4-5-7-23/h10H,4-9H2,1-3H3,(H,19,21,22). The average molecular weight is 374 g/mol. The highest BCUT2D eigenvalue weighted by atomic mass is 32.1. The van der Waals surface area contributed by atoms with E-state index in [0.29, 0.717) is 6.54 Å². The summed E-state index contributed by atoms with van der Waals surface area (Å²) in [5.41, 5.74) is 2.36. The zero-order valence-corrected chi connectivity index (χ0v) is 16.6. The Morgan fingerprint density at radius 1 is 1.12 bits per heavy atom. The van der Waals surface area contributed by atoms with Crippen LogP contribution in [0.4, 0.5) is 5.82 Å². The normalized spacial score (nSPS) is 15.3. The van der Waals surface area contributed by atoms with Crippen LogP contribution >= 0.6 is 22.7 Å². The van der Waals surface area contributed by atoms with E-state index in [0.717, 1.165) is 46.8 Å². The van der Waals surface area contributed by atoms with Crippen molar-refractivity contribution >= 4 is 38.7 Å². The third-order valence-corrected chi connectivity index (χ3v) is 6.78. The van der Waals surface area contributed by atoms with Crippen LogP contribution in [0.25, 0.3) is 10.2 Å². The minimum atomic E-state index is 0.710. The topological polar surface area (TPSA) is 53.9 Å². The molecule has 4 heterocycles. The Hall–Kier alpha value is -1.57. The second-order valence-electron chi connectivity index (χ2n) is 6.67. The number of hydrogen-bond acceptors (Lipinski definition) is 7. The molecule has 0 spiro atoms. The molecule has 5 nitrogen and oxygen atoms in total. The van der Waals surface area contributed by atoms with Crippen LogP contribution in [0.3, 0.4) is 0 Å². The van der Waals surface area contributed by atoms with E-state index >= 15 is 0 Å². The Labute approximate surface area is 156 Å². The van der Waals surface area contributed by atoms with Gasteiger partial charge in [0.15, 0.2) is 0 Å². The summed E-state index contributed by atoms with van der Waals surface area (Å²) in [5.74, 6) is 1.88. The highest BCUT2D eigenvalue weighted by molar-refractivity contribution is 7.18. The second-order valence-corrected chi connectivity index (χ2v) is 8.82. The lowest BCUT2D eigenvalue weighted by Gasteiger charge is -2.14. The second kappa shape index (κ2) is 6.97. The molecule has 0 bridgehead atoms. The fourth-order valence-electron chi connectivity index (χ4n) is 3.28. The third-order valence-electron chi connectivity index (χ3n) is 4.71. The number of thiophene rings is 1. The van der Waals surface area contributed by atoms with E-state index in [1.54, 1.807) is 22.7 Å². The molecular weight excluding hydrogens is 350 g/mol. The fraction of sp³-hybridized carbons (Fsp3) is 0.500. The van der Waals surface area contributed by atoms with Gasteiger partial charge in [-0.25, -0.2) is 15.0 Å². The van der Waals surface area contributed by atoms with Crippen molar-refractivity contribution < 1.29 is 0 Å². The molecule has 1 fully saturated rings.